The van der Waals surface area contributed by atoms with Gasteiger partial charge in [0.1, 0.15) is 12.4 Å². The van der Waals surface area contributed by atoms with Gasteiger partial charge >= 0.3 is 6.09 Å². The number of methoxy groups -OCH3 is 1. The molecule has 2 aromatic rings. The molecule has 0 radical (unpaired) electrons. The van der Waals surface area contributed by atoms with Gasteiger partial charge in [-0.25, -0.2) is 10.2 Å². The monoisotopic (exact) mass is 356 g/mol. The minimum Gasteiger partial charge on any atom is -0.497 e. The highest BCUT2D eigenvalue weighted by Gasteiger charge is 2.08. The molecule has 2 N–H and O–H groups in total. The van der Waals surface area contributed by atoms with Gasteiger partial charge in [-0.05, 0) is 54.7 Å². The molecule has 0 aliphatic carbocycles. The minimum atomic E-state index is -0.691. The SMILES string of the molecule is COc1ccc(CCC(=O)NNC(=O)OCc2cccc(C)c2C)cc1. The zero-order chi connectivity index (χ0) is 18.9. The largest absolute Gasteiger partial charge is 0.497 e. The number of hydrazine groups is 1. The van der Waals surface area contributed by atoms with Crippen LogP contribution in [0.2, 0.25) is 0 Å². The van der Waals surface area contributed by atoms with Gasteiger partial charge in [-0.15, -0.1) is 0 Å². The summed E-state index contributed by atoms with van der Waals surface area (Å²) in [5, 5.41) is 0. The van der Waals surface area contributed by atoms with Gasteiger partial charge in [-0.1, -0.05) is 30.3 Å². The predicted molar refractivity (Wildman–Crippen MR) is 98.7 cm³/mol. The molecule has 2 rings (SSSR count). The summed E-state index contributed by atoms with van der Waals surface area (Å²) in [5.74, 6) is 0.482. The molecule has 6 heteroatoms. The number of carbonyl (C=O) groups is 2. The average Bonchev–Trinajstić information content (AvgIpc) is 2.66. The molecule has 0 aliphatic heterocycles. The molecule has 0 aliphatic rings. The van der Waals surface area contributed by atoms with Crippen molar-refractivity contribution < 1.29 is 19.1 Å². The van der Waals surface area contributed by atoms with E-state index < -0.39 is 6.09 Å². The van der Waals surface area contributed by atoms with Crippen LogP contribution >= 0.6 is 0 Å². The first-order valence-corrected chi connectivity index (χ1v) is 8.39. The van der Waals surface area contributed by atoms with E-state index in [4.69, 9.17) is 9.47 Å². The fourth-order valence-electron chi connectivity index (χ4n) is 2.38. The van der Waals surface area contributed by atoms with Crippen LogP contribution in [0.15, 0.2) is 42.5 Å². The number of hydrogen-bond donors (Lipinski definition) is 2. The summed E-state index contributed by atoms with van der Waals surface area (Å²) in [6.45, 7) is 4.13. The van der Waals surface area contributed by atoms with Crippen LogP contribution < -0.4 is 15.6 Å². The van der Waals surface area contributed by atoms with Crippen LogP contribution in [0.3, 0.4) is 0 Å². The number of benzene rings is 2. The zero-order valence-corrected chi connectivity index (χ0v) is 15.3. The first-order valence-electron chi connectivity index (χ1n) is 8.39. The molecular formula is C20H24N2O4. The summed E-state index contributed by atoms with van der Waals surface area (Å²) in [6.07, 6.45) is 0.127. The molecule has 0 aromatic heterocycles. The second kappa shape index (κ2) is 9.46. The molecular weight excluding hydrogens is 332 g/mol. The van der Waals surface area contributed by atoms with Gasteiger partial charge in [0.25, 0.3) is 0 Å². The van der Waals surface area contributed by atoms with E-state index in [0.29, 0.717) is 6.42 Å². The van der Waals surface area contributed by atoms with Crippen LogP contribution in [0.4, 0.5) is 4.79 Å². The zero-order valence-electron chi connectivity index (χ0n) is 15.3. The van der Waals surface area contributed by atoms with E-state index in [1.165, 1.54) is 0 Å². The van der Waals surface area contributed by atoms with E-state index in [1.54, 1.807) is 7.11 Å². The van der Waals surface area contributed by atoms with Crippen LogP contribution in [0.1, 0.15) is 28.7 Å². The second-order valence-corrected chi connectivity index (χ2v) is 5.96. The van der Waals surface area contributed by atoms with Crippen molar-refractivity contribution in [1.82, 2.24) is 10.9 Å². The first kappa shape index (κ1) is 19.3. The molecule has 2 amide bonds. The van der Waals surface area contributed by atoms with Crippen LogP contribution in [0, 0.1) is 13.8 Å². The number of aryl methyl sites for hydroxylation is 2. The number of nitrogens with one attached hydrogen (secondary N) is 2. The highest BCUT2D eigenvalue weighted by atomic mass is 16.6. The third-order valence-electron chi connectivity index (χ3n) is 4.18. The standard InChI is InChI=1S/C20H24N2O4/c1-14-5-4-6-17(15(14)2)13-26-20(24)22-21-19(23)12-9-16-7-10-18(25-3)11-8-16/h4-8,10-11H,9,12-13H2,1-3H3,(H,21,23)(H,22,24). The Hall–Kier alpha value is -3.02. The molecule has 0 saturated carbocycles. The molecule has 0 unspecified atom stereocenters. The fraction of sp³-hybridized carbons (Fsp3) is 0.300. The smallest absolute Gasteiger partial charge is 0.426 e. The molecule has 0 saturated heterocycles. The predicted octanol–water partition coefficient (Wildman–Crippen LogP) is 3.20. The van der Waals surface area contributed by atoms with E-state index in [9.17, 15) is 9.59 Å². The summed E-state index contributed by atoms with van der Waals surface area (Å²) in [4.78, 5) is 23.5. The highest BCUT2D eigenvalue weighted by molar-refractivity contribution is 5.79. The van der Waals surface area contributed by atoms with Crippen molar-refractivity contribution in [3.63, 3.8) is 0 Å². The first-order chi connectivity index (χ1) is 12.5. The van der Waals surface area contributed by atoms with Crippen LogP contribution in [0.25, 0.3) is 0 Å². The third-order valence-corrected chi connectivity index (χ3v) is 4.18. The Morgan fingerprint density at radius 2 is 1.73 bits per heavy atom. The summed E-state index contributed by atoms with van der Waals surface area (Å²) in [6, 6.07) is 13.3. The van der Waals surface area contributed by atoms with Gasteiger partial charge in [0, 0.05) is 6.42 Å². The Morgan fingerprint density at radius 3 is 2.42 bits per heavy atom. The molecule has 0 atom stereocenters. The van der Waals surface area contributed by atoms with Crippen LogP contribution in [0.5, 0.6) is 5.75 Å². The quantitative estimate of drug-likeness (QED) is 0.779. The van der Waals surface area contributed by atoms with Gasteiger partial charge < -0.3 is 9.47 Å². The van der Waals surface area contributed by atoms with Crippen LogP contribution in [-0.2, 0) is 22.6 Å². The average molecular weight is 356 g/mol. The van der Waals surface area contributed by atoms with E-state index in [-0.39, 0.29) is 18.9 Å². The highest BCUT2D eigenvalue weighted by Crippen LogP contribution is 2.14. The second-order valence-electron chi connectivity index (χ2n) is 5.96. The molecule has 138 valence electrons. The lowest BCUT2D eigenvalue weighted by Crippen LogP contribution is -2.41. The van der Waals surface area contributed by atoms with Crippen molar-refractivity contribution in [2.75, 3.05) is 7.11 Å². The maximum atomic E-state index is 11.8. The Balaban J connectivity index is 1.69. The lowest BCUT2D eigenvalue weighted by atomic mass is 10.0. The van der Waals surface area contributed by atoms with Gasteiger partial charge in [0.2, 0.25) is 5.91 Å². The Morgan fingerprint density at radius 1 is 1.00 bits per heavy atom. The van der Waals surface area contributed by atoms with Crippen molar-refractivity contribution in [3.8, 4) is 5.75 Å². The summed E-state index contributed by atoms with van der Waals surface area (Å²) >= 11 is 0. The van der Waals surface area contributed by atoms with Gasteiger partial charge in [0.15, 0.2) is 0 Å². The van der Waals surface area contributed by atoms with E-state index >= 15 is 0 Å². The molecule has 2 aromatic carbocycles. The van der Waals surface area contributed by atoms with Crippen molar-refractivity contribution in [2.45, 2.75) is 33.3 Å². The van der Waals surface area contributed by atoms with Crippen LogP contribution in [-0.4, -0.2) is 19.1 Å². The summed E-state index contributed by atoms with van der Waals surface area (Å²) in [5.41, 5.74) is 8.78. The summed E-state index contributed by atoms with van der Waals surface area (Å²) < 4.78 is 10.2. The molecule has 0 heterocycles. The minimum absolute atomic E-state index is 0.154. The lowest BCUT2D eigenvalue weighted by molar-refractivity contribution is -0.121. The molecule has 6 nitrogen and oxygen atoms in total. The van der Waals surface area contributed by atoms with Crippen molar-refractivity contribution in [1.29, 1.82) is 0 Å². The number of rotatable bonds is 6. The third kappa shape index (κ3) is 5.81. The summed E-state index contributed by atoms with van der Waals surface area (Å²) in [7, 11) is 1.60. The topological polar surface area (TPSA) is 76.7 Å². The van der Waals surface area contributed by atoms with Crippen molar-refractivity contribution >= 4 is 12.0 Å². The molecule has 0 fully saturated rings. The Labute approximate surface area is 153 Å². The van der Waals surface area contributed by atoms with Crippen molar-refractivity contribution in [3.05, 3.63) is 64.7 Å². The number of hydrogen-bond acceptors (Lipinski definition) is 4. The number of amides is 2. The Kier molecular flexibility index (Phi) is 7.02. The Bertz CT molecular complexity index is 757. The molecule has 0 bridgehead atoms. The maximum absolute atomic E-state index is 11.8. The molecule has 0 spiro atoms. The number of ether oxygens (including phenoxy) is 2. The normalized spacial score (nSPS) is 10.1. The van der Waals surface area contributed by atoms with E-state index in [2.05, 4.69) is 10.9 Å². The lowest BCUT2D eigenvalue weighted by Gasteiger charge is -2.11. The maximum Gasteiger partial charge on any atom is 0.426 e. The van der Waals surface area contributed by atoms with E-state index in [0.717, 1.165) is 28.0 Å². The van der Waals surface area contributed by atoms with Gasteiger partial charge in [0.05, 0.1) is 7.11 Å². The molecule has 26 heavy (non-hydrogen) atoms. The fourth-order valence-corrected chi connectivity index (χ4v) is 2.38. The van der Waals surface area contributed by atoms with Gasteiger partial charge in [-0.2, -0.15) is 0 Å². The van der Waals surface area contributed by atoms with Crippen molar-refractivity contribution in [2.24, 2.45) is 0 Å². The van der Waals surface area contributed by atoms with E-state index in [1.807, 2.05) is 56.3 Å². The van der Waals surface area contributed by atoms with Gasteiger partial charge in [-0.3, -0.25) is 10.2 Å². The number of carbonyl (C=O) groups excluding carboxylic acids is 2.